The van der Waals surface area contributed by atoms with Crippen molar-refractivity contribution < 1.29 is 4.39 Å². The minimum atomic E-state index is -0.266. The van der Waals surface area contributed by atoms with E-state index in [4.69, 9.17) is 5.73 Å². The van der Waals surface area contributed by atoms with Crippen LogP contribution in [0.15, 0.2) is 18.2 Å². The van der Waals surface area contributed by atoms with E-state index in [-0.39, 0.29) is 29.7 Å². The highest BCUT2D eigenvalue weighted by Crippen LogP contribution is 2.32. The van der Waals surface area contributed by atoms with E-state index in [1.807, 2.05) is 26.8 Å². The van der Waals surface area contributed by atoms with Gasteiger partial charge in [-0.15, -0.1) is 12.4 Å². The van der Waals surface area contributed by atoms with Gasteiger partial charge in [0.25, 0.3) is 0 Å². The third-order valence-corrected chi connectivity index (χ3v) is 2.90. The molecule has 0 spiro atoms. The van der Waals surface area contributed by atoms with Crippen LogP contribution in [0.25, 0.3) is 0 Å². The Morgan fingerprint density at radius 3 is 2.33 bits per heavy atom. The Balaban J connectivity index is 0.00000196. The fraction of sp³-hybridized carbons (Fsp3) is 0.455. The highest BCUT2D eigenvalue weighted by Gasteiger charge is 2.24. The maximum Gasteiger partial charge on any atom is 0.128 e. The van der Waals surface area contributed by atoms with Crippen LogP contribution in [0.3, 0.4) is 0 Å². The first-order valence-electron chi connectivity index (χ1n) is 4.53. The maximum absolute atomic E-state index is 13.5. The lowest BCUT2D eigenvalue weighted by atomic mass is 9.83. The van der Waals surface area contributed by atoms with E-state index >= 15 is 0 Å². The maximum atomic E-state index is 13.5. The predicted molar refractivity (Wildman–Crippen MR) is 72.7 cm³/mol. The van der Waals surface area contributed by atoms with Gasteiger partial charge in [-0.3, -0.25) is 0 Å². The number of nitrogens with two attached hydrogens (primary N) is 1. The summed E-state index contributed by atoms with van der Waals surface area (Å²) < 4.78 is 14.5. The van der Waals surface area contributed by atoms with Gasteiger partial charge < -0.3 is 5.73 Å². The molecule has 0 bridgehead atoms. The minimum absolute atomic E-state index is 0. The van der Waals surface area contributed by atoms with Crippen LogP contribution in [0, 0.1) is 14.8 Å². The number of halogens is 3. The van der Waals surface area contributed by atoms with Crippen molar-refractivity contribution in [2.75, 3.05) is 0 Å². The topological polar surface area (TPSA) is 26.0 Å². The lowest BCUT2D eigenvalue weighted by molar-refractivity contribution is 0.319. The van der Waals surface area contributed by atoms with E-state index in [0.29, 0.717) is 5.56 Å². The monoisotopic (exact) mass is 343 g/mol. The fourth-order valence-electron chi connectivity index (χ4n) is 1.22. The van der Waals surface area contributed by atoms with Gasteiger partial charge in [-0.25, -0.2) is 4.39 Å². The third-order valence-electron chi connectivity index (χ3n) is 2.23. The van der Waals surface area contributed by atoms with Crippen LogP contribution in [-0.2, 0) is 0 Å². The van der Waals surface area contributed by atoms with Gasteiger partial charge in [-0.1, -0.05) is 20.8 Å². The zero-order valence-corrected chi connectivity index (χ0v) is 12.0. The largest absolute Gasteiger partial charge is 0.323 e. The SMILES string of the molecule is CC(C)(C)[C@H](N)c1cc(I)ccc1F.Cl. The molecule has 0 saturated carbocycles. The first-order valence-corrected chi connectivity index (χ1v) is 5.61. The van der Waals surface area contributed by atoms with Gasteiger partial charge in [0.15, 0.2) is 0 Å². The highest BCUT2D eigenvalue weighted by molar-refractivity contribution is 14.1. The Labute approximate surface area is 110 Å². The van der Waals surface area contributed by atoms with Crippen molar-refractivity contribution in [3.8, 4) is 0 Å². The van der Waals surface area contributed by atoms with Gasteiger partial charge in [-0.2, -0.15) is 0 Å². The van der Waals surface area contributed by atoms with Crippen molar-refractivity contribution >= 4 is 35.0 Å². The van der Waals surface area contributed by atoms with Crippen LogP contribution in [0.1, 0.15) is 32.4 Å². The van der Waals surface area contributed by atoms with Gasteiger partial charge >= 0.3 is 0 Å². The molecule has 15 heavy (non-hydrogen) atoms. The lowest BCUT2D eigenvalue weighted by Gasteiger charge is -2.27. The van der Waals surface area contributed by atoms with Crippen molar-refractivity contribution in [2.24, 2.45) is 11.1 Å². The molecule has 1 aromatic carbocycles. The first kappa shape index (κ1) is 15.1. The Bertz CT molecular complexity index is 336. The average Bonchev–Trinajstić information content (AvgIpc) is 2.06. The zero-order chi connectivity index (χ0) is 10.9. The minimum Gasteiger partial charge on any atom is -0.323 e. The highest BCUT2D eigenvalue weighted by atomic mass is 127. The van der Waals surface area contributed by atoms with Gasteiger partial charge in [0.05, 0.1) is 0 Å². The molecular weight excluding hydrogens is 327 g/mol. The van der Waals surface area contributed by atoms with Crippen LogP contribution in [0.2, 0.25) is 0 Å². The molecule has 4 heteroatoms. The molecule has 0 heterocycles. The quantitative estimate of drug-likeness (QED) is 0.769. The van der Waals surface area contributed by atoms with Gasteiger partial charge in [0.2, 0.25) is 0 Å². The molecular formula is C11H16ClFIN. The van der Waals surface area contributed by atoms with Crippen LogP contribution in [0.4, 0.5) is 4.39 Å². The standard InChI is InChI=1S/C11H15FIN.ClH/c1-11(2,3)10(14)8-6-7(13)4-5-9(8)12;/h4-6,10H,14H2,1-3H3;1H/t10-;/m1./s1. The summed E-state index contributed by atoms with van der Waals surface area (Å²) in [6.45, 7) is 6.03. The molecule has 1 nitrogen and oxygen atoms in total. The second kappa shape index (κ2) is 5.46. The lowest BCUT2D eigenvalue weighted by Crippen LogP contribution is -2.27. The molecule has 1 rings (SSSR count). The number of hydrogen-bond donors (Lipinski definition) is 1. The van der Waals surface area contributed by atoms with Crippen molar-refractivity contribution in [1.82, 2.24) is 0 Å². The molecule has 0 aromatic heterocycles. The van der Waals surface area contributed by atoms with Crippen LogP contribution >= 0.6 is 35.0 Å². The summed E-state index contributed by atoms with van der Waals surface area (Å²) in [6, 6.07) is 4.76. The van der Waals surface area contributed by atoms with E-state index in [0.717, 1.165) is 3.57 Å². The molecule has 86 valence electrons. The Hall–Kier alpha value is 0.130. The Morgan fingerprint density at radius 2 is 1.87 bits per heavy atom. The van der Waals surface area contributed by atoms with E-state index in [9.17, 15) is 4.39 Å². The van der Waals surface area contributed by atoms with E-state index in [1.54, 1.807) is 6.07 Å². The molecule has 0 aliphatic heterocycles. The molecule has 0 amide bonds. The van der Waals surface area contributed by atoms with Gasteiger partial charge in [0, 0.05) is 15.2 Å². The molecule has 0 aliphatic carbocycles. The molecule has 0 saturated heterocycles. The smallest absolute Gasteiger partial charge is 0.128 e. The molecule has 0 unspecified atom stereocenters. The average molecular weight is 344 g/mol. The zero-order valence-electron chi connectivity index (χ0n) is 9.05. The molecule has 0 radical (unpaired) electrons. The molecule has 0 fully saturated rings. The van der Waals surface area contributed by atoms with Crippen molar-refractivity contribution in [1.29, 1.82) is 0 Å². The van der Waals surface area contributed by atoms with Crippen LogP contribution in [0.5, 0.6) is 0 Å². The van der Waals surface area contributed by atoms with Crippen LogP contribution in [-0.4, -0.2) is 0 Å². The second-order valence-electron chi connectivity index (χ2n) is 4.51. The summed E-state index contributed by atoms with van der Waals surface area (Å²) in [5, 5.41) is 0. The van der Waals surface area contributed by atoms with E-state index < -0.39 is 0 Å². The number of hydrogen-bond acceptors (Lipinski definition) is 1. The predicted octanol–water partition coefficient (Wildman–Crippen LogP) is 3.90. The Morgan fingerprint density at radius 1 is 1.33 bits per heavy atom. The van der Waals surface area contributed by atoms with Crippen LogP contribution < -0.4 is 5.73 Å². The fourth-order valence-corrected chi connectivity index (χ4v) is 1.73. The normalized spacial score (nSPS) is 13.2. The summed E-state index contributed by atoms with van der Waals surface area (Å²) in [5.41, 5.74) is 6.48. The van der Waals surface area contributed by atoms with E-state index in [1.165, 1.54) is 6.07 Å². The van der Waals surface area contributed by atoms with E-state index in [2.05, 4.69) is 22.6 Å². The summed E-state index contributed by atoms with van der Waals surface area (Å²) in [5.74, 6) is -0.215. The summed E-state index contributed by atoms with van der Waals surface area (Å²) in [7, 11) is 0. The summed E-state index contributed by atoms with van der Waals surface area (Å²) >= 11 is 2.16. The summed E-state index contributed by atoms with van der Waals surface area (Å²) in [4.78, 5) is 0. The number of benzene rings is 1. The Kier molecular flexibility index (Phi) is 5.50. The molecule has 2 N–H and O–H groups in total. The molecule has 1 atom stereocenters. The first-order chi connectivity index (χ1) is 6.32. The van der Waals surface area contributed by atoms with Crippen molar-refractivity contribution in [3.63, 3.8) is 0 Å². The number of rotatable bonds is 1. The van der Waals surface area contributed by atoms with Crippen molar-refractivity contribution in [3.05, 3.63) is 33.1 Å². The molecule has 0 aliphatic rings. The second-order valence-corrected chi connectivity index (χ2v) is 5.76. The third kappa shape index (κ3) is 3.89. The van der Waals surface area contributed by atoms with Crippen molar-refractivity contribution in [2.45, 2.75) is 26.8 Å². The van der Waals surface area contributed by atoms with Gasteiger partial charge in [-0.05, 0) is 46.2 Å². The van der Waals surface area contributed by atoms with Gasteiger partial charge in [0.1, 0.15) is 5.82 Å². The molecule has 1 aromatic rings. The summed E-state index contributed by atoms with van der Waals surface area (Å²) in [6.07, 6.45) is 0.